The standard InChI is InChI=1S/C6H6BrClO3S/c1-4(12(8,9)10)5-2-3-6(7)11-5/h2-4H,1H3. The van der Waals surface area contributed by atoms with Crippen molar-refractivity contribution in [3.63, 3.8) is 0 Å². The van der Waals surface area contributed by atoms with Crippen LogP contribution in [-0.2, 0) is 9.05 Å². The molecule has 0 radical (unpaired) electrons. The second-order valence-corrected chi connectivity index (χ2v) is 5.99. The Morgan fingerprint density at radius 1 is 1.58 bits per heavy atom. The summed E-state index contributed by atoms with van der Waals surface area (Å²) in [6, 6.07) is 3.18. The Morgan fingerprint density at radius 2 is 2.17 bits per heavy atom. The van der Waals surface area contributed by atoms with Gasteiger partial charge in [0.25, 0.3) is 0 Å². The van der Waals surface area contributed by atoms with Gasteiger partial charge in [0, 0.05) is 10.7 Å². The summed E-state index contributed by atoms with van der Waals surface area (Å²) in [5.41, 5.74) is 0. The summed E-state index contributed by atoms with van der Waals surface area (Å²) in [6.07, 6.45) is 0. The van der Waals surface area contributed by atoms with E-state index in [1.54, 1.807) is 12.1 Å². The molecule has 3 nitrogen and oxygen atoms in total. The van der Waals surface area contributed by atoms with Crippen molar-refractivity contribution in [2.45, 2.75) is 12.2 Å². The van der Waals surface area contributed by atoms with Crippen LogP contribution in [0.2, 0.25) is 0 Å². The van der Waals surface area contributed by atoms with Crippen molar-refractivity contribution in [2.75, 3.05) is 0 Å². The minimum Gasteiger partial charge on any atom is -0.453 e. The maximum Gasteiger partial charge on any atom is 0.242 e. The Bertz CT molecular complexity index is 370. The molecule has 1 aromatic rings. The number of halogens is 2. The highest BCUT2D eigenvalue weighted by Crippen LogP contribution is 2.28. The predicted octanol–water partition coefficient (Wildman–Crippen LogP) is 2.67. The molecular formula is C6H6BrClO3S. The molecule has 0 amide bonds. The van der Waals surface area contributed by atoms with Crippen LogP contribution >= 0.6 is 26.6 Å². The molecule has 0 aromatic carbocycles. The molecule has 1 unspecified atom stereocenters. The number of furan rings is 1. The maximum atomic E-state index is 10.8. The SMILES string of the molecule is CC(c1ccc(Br)o1)S(=O)(=O)Cl. The number of rotatable bonds is 2. The molecule has 0 bridgehead atoms. The van der Waals surface area contributed by atoms with E-state index in [-0.39, 0.29) is 0 Å². The summed E-state index contributed by atoms with van der Waals surface area (Å²) in [6.45, 7) is 1.47. The molecule has 1 atom stereocenters. The van der Waals surface area contributed by atoms with E-state index in [4.69, 9.17) is 15.1 Å². The summed E-state index contributed by atoms with van der Waals surface area (Å²) in [5.74, 6) is 0.330. The molecular weight excluding hydrogens is 267 g/mol. The Morgan fingerprint density at radius 3 is 2.50 bits per heavy atom. The average molecular weight is 274 g/mol. The van der Waals surface area contributed by atoms with Gasteiger partial charge < -0.3 is 4.42 Å². The molecule has 1 aromatic heterocycles. The zero-order valence-corrected chi connectivity index (χ0v) is 9.28. The fourth-order valence-electron chi connectivity index (χ4n) is 0.686. The zero-order chi connectivity index (χ0) is 9.35. The van der Waals surface area contributed by atoms with E-state index in [0.29, 0.717) is 10.4 Å². The third-order valence-electron chi connectivity index (χ3n) is 1.42. The van der Waals surface area contributed by atoms with Gasteiger partial charge in [0.2, 0.25) is 9.05 Å². The van der Waals surface area contributed by atoms with Crippen LogP contribution in [0.25, 0.3) is 0 Å². The van der Waals surface area contributed by atoms with Crippen molar-refractivity contribution < 1.29 is 12.8 Å². The predicted molar refractivity (Wildman–Crippen MR) is 49.6 cm³/mol. The molecule has 0 aliphatic rings. The Kier molecular flexibility index (Phi) is 2.85. The van der Waals surface area contributed by atoms with E-state index < -0.39 is 14.3 Å². The van der Waals surface area contributed by atoms with Crippen molar-refractivity contribution in [1.82, 2.24) is 0 Å². The van der Waals surface area contributed by atoms with Crippen LogP contribution in [0.1, 0.15) is 17.9 Å². The average Bonchev–Trinajstić information content (AvgIpc) is 2.32. The van der Waals surface area contributed by atoms with Crippen LogP contribution in [0.3, 0.4) is 0 Å². The van der Waals surface area contributed by atoms with Crippen molar-refractivity contribution in [1.29, 1.82) is 0 Å². The minimum absolute atomic E-state index is 0.330. The van der Waals surface area contributed by atoms with E-state index >= 15 is 0 Å². The number of hydrogen-bond acceptors (Lipinski definition) is 3. The smallest absolute Gasteiger partial charge is 0.242 e. The highest BCUT2D eigenvalue weighted by molar-refractivity contribution is 9.10. The molecule has 0 aliphatic heterocycles. The van der Waals surface area contributed by atoms with Gasteiger partial charge in [-0.2, -0.15) is 0 Å². The first-order valence-electron chi connectivity index (χ1n) is 3.10. The summed E-state index contributed by atoms with van der Waals surface area (Å²) in [5, 5.41) is -0.814. The number of hydrogen-bond donors (Lipinski definition) is 0. The first kappa shape index (κ1) is 10.1. The minimum atomic E-state index is -3.58. The van der Waals surface area contributed by atoms with Crippen LogP contribution in [-0.4, -0.2) is 8.42 Å². The molecule has 0 spiro atoms. The summed E-state index contributed by atoms with van der Waals surface area (Å²) < 4.78 is 27.2. The topological polar surface area (TPSA) is 47.3 Å². The van der Waals surface area contributed by atoms with Gasteiger partial charge in [-0.1, -0.05) is 0 Å². The highest BCUT2D eigenvalue weighted by atomic mass is 79.9. The third-order valence-corrected chi connectivity index (χ3v) is 3.72. The van der Waals surface area contributed by atoms with Gasteiger partial charge in [-0.3, -0.25) is 0 Å². The van der Waals surface area contributed by atoms with Crippen LogP contribution in [0, 0.1) is 0 Å². The Hall–Kier alpha value is -0.000000000000000111. The molecule has 0 aliphatic carbocycles. The largest absolute Gasteiger partial charge is 0.453 e. The van der Waals surface area contributed by atoms with Crippen LogP contribution in [0.5, 0.6) is 0 Å². The molecule has 0 saturated heterocycles. The van der Waals surface area contributed by atoms with Crippen LogP contribution in [0.4, 0.5) is 0 Å². The normalized spacial score (nSPS) is 14.6. The molecule has 6 heteroatoms. The van der Waals surface area contributed by atoms with Gasteiger partial charge in [0.05, 0.1) is 0 Å². The molecule has 0 N–H and O–H groups in total. The third kappa shape index (κ3) is 2.24. The second-order valence-electron chi connectivity index (χ2n) is 2.26. The van der Waals surface area contributed by atoms with E-state index in [0.717, 1.165) is 0 Å². The first-order chi connectivity index (χ1) is 5.41. The highest BCUT2D eigenvalue weighted by Gasteiger charge is 2.22. The molecule has 0 saturated carbocycles. The van der Waals surface area contributed by atoms with Crippen molar-refractivity contribution in [2.24, 2.45) is 0 Å². The van der Waals surface area contributed by atoms with E-state index in [1.165, 1.54) is 6.92 Å². The fourth-order valence-corrected chi connectivity index (χ4v) is 1.67. The van der Waals surface area contributed by atoms with Gasteiger partial charge in [0.15, 0.2) is 4.67 Å². The molecule has 0 fully saturated rings. The molecule has 1 heterocycles. The van der Waals surface area contributed by atoms with E-state index in [9.17, 15) is 8.42 Å². The van der Waals surface area contributed by atoms with Crippen molar-refractivity contribution >= 4 is 35.7 Å². The maximum absolute atomic E-state index is 10.8. The fraction of sp³-hybridized carbons (Fsp3) is 0.333. The van der Waals surface area contributed by atoms with Gasteiger partial charge >= 0.3 is 0 Å². The molecule has 12 heavy (non-hydrogen) atoms. The lowest BCUT2D eigenvalue weighted by Crippen LogP contribution is -2.00. The zero-order valence-electron chi connectivity index (χ0n) is 6.12. The second kappa shape index (κ2) is 3.40. The van der Waals surface area contributed by atoms with Crippen LogP contribution < -0.4 is 0 Å². The first-order valence-corrected chi connectivity index (χ1v) is 6.26. The van der Waals surface area contributed by atoms with Crippen molar-refractivity contribution in [3.8, 4) is 0 Å². The van der Waals surface area contributed by atoms with Gasteiger partial charge in [-0.15, -0.1) is 0 Å². The van der Waals surface area contributed by atoms with Gasteiger partial charge in [-0.05, 0) is 35.0 Å². The molecule has 68 valence electrons. The van der Waals surface area contributed by atoms with E-state index in [1.807, 2.05) is 0 Å². The quantitative estimate of drug-likeness (QED) is 0.778. The Labute approximate surface area is 83.3 Å². The Balaban J connectivity index is 3.01. The molecule has 1 rings (SSSR count). The lowest BCUT2D eigenvalue weighted by Gasteiger charge is -2.01. The lowest BCUT2D eigenvalue weighted by atomic mass is 10.4. The summed E-state index contributed by atoms with van der Waals surface area (Å²) >= 11 is 3.06. The van der Waals surface area contributed by atoms with Crippen LogP contribution in [0.15, 0.2) is 21.2 Å². The van der Waals surface area contributed by atoms with Crippen molar-refractivity contribution in [3.05, 3.63) is 22.6 Å². The van der Waals surface area contributed by atoms with Gasteiger partial charge in [-0.25, -0.2) is 8.42 Å². The summed E-state index contributed by atoms with van der Waals surface area (Å²) in [4.78, 5) is 0. The van der Waals surface area contributed by atoms with Gasteiger partial charge in [0.1, 0.15) is 11.0 Å². The monoisotopic (exact) mass is 272 g/mol. The van der Waals surface area contributed by atoms with E-state index in [2.05, 4.69) is 15.9 Å². The lowest BCUT2D eigenvalue weighted by molar-refractivity contribution is 0.482. The summed E-state index contributed by atoms with van der Waals surface area (Å²) in [7, 11) is 1.54.